The van der Waals surface area contributed by atoms with Crippen molar-refractivity contribution in [2.45, 2.75) is 45.6 Å². The Labute approximate surface area is 183 Å². The molecule has 0 aliphatic carbocycles. The van der Waals surface area contributed by atoms with Gasteiger partial charge in [-0.25, -0.2) is 0 Å². The first-order valence-electron chi connectivity index (χ1n) is 10.3. The molecule has 0 unspecified atom stereocenters. The SMILES string of the molecule is Cc1cc(NC(=S)N(CCC[NH+]2CCCCCC2)Cc2cccs2)ccc1Cl. The van der Waals surface area contributed by atoms with Crippen molar-refractivity contribution < 1.29 is 4.90 Å². The molecule has 1 aromatic carbocycles. The summed E-state index contributed by atoms with van der Waals surface area (Å²) in [7, 11) is 0. The number of anilines is 1. The monoisotopic (exact) mass is 436 g/mol. The third kappa shape index (κ3) is 6.73. The fourth-order valence-electron chi connectivity index (χ4n) is 3.77. The van der Waals surface area contributed by atoms with Gasteiger partial charge in [-0.05, 0) is 80.0 Å². The molecule has 1 saturated heterocycles. The number of rotatable bonds is 7. The van der Waals surface area contributed by atoms with Crippen LogP contribution in [-0.4, -0.2) is 36.2 Å². The van der Waals surface area contributed by atoms with Gasteiger partial charge < -0.3 is 15.1 Å². The van der Waals surface area contributed by atoms with Crippen molar-refractivity contribution in [1.82, 2.24) is 4.90 Å². The second kappa shape index (κ2) is 11.1. The predicted molar refractivity (Wildman–Crippen MR) is 126 cm³/mol. The topological polar surface area (TPSA) is 19.7 Å². The van der Waals surface area contributed by atoms with Crippen molar-refractivity contribution in [3.63, 3.8) is 0 Å². The van der Waals surface area contributed by atoms with Crippen molar-refractivity contribution in [2.24, 2.45) is 0 Å². The fraction of sp³-hybridized carbons (Fsp3) is 0.500. The number of nitrogens with one attached hydrogen (secondary N) is 2. The van der Waals surface area contributed by atoms with E-state index in [0.29, 0.717) is 0 Å². The lowest BCUT2D eigenvalue weighted by molar-refractivity contribution is -0.899. The lowest BCUT2D eigenvalue weighted by Gasteiger charge is -2.26. The summed E-state index contributed by atoms with van der Waals surface area (Å²) in [6.07, 6.45) is 6.74. The molecule has 1 aliphatic heterocycles. The number of hydrogen-bond acceptors (Lipinski definition) is 2. The Morgan fingerprint density at radius 3 is 2.68 bits per heavy atom. The normalized spacial score (nSPS) is 15.2. The molecule has 1 aliphatic rings. The van der Waals surface area contributed by atoms with Crippen LogP contribution in [0.2, 0.25) is 5.02 Å². The summed E-state index contributed by atoms with van der Waals surface area (Å²) in [5.74, 6) is 0. The number of likely N-dealkylation sites (tertiary alicyclic amines) is 1. The minimum atomic E-state index is 0.785. The minimum Gasteiger partial charge on any atom is -0.344 e. The average molecular weight is 437 g/mol. The lowest BCUT2D eigenvalue weighted by atomic mass is 10.2. The van der Waals surface area contributed by atoms with Crippen LogP contribution in [0.25, 0.3) is 0 Å². The molecular weight excluding hydrogens is 406 g/mol. The van der Waals surface area contributed by atoms with Crippen molar-refractivity contribution in [1.29, 1.82) is 0 Å². The molecule has 0 bridgehead atoms. The van der Waals surface area contributed by atoms with Crippen LogP contribution in [0.1, 0.15) is 42.5 Å². The standard InChI is InChI=1S/C22H30ClN3S2/c1-18-16-19(9-10-21(18)23)24-22(27)26(17-20-8-6-15-28-20)14-7-13-25-11-4-2-3-5-12-25/h6,8-10,15-16H,2-5,7,11-14,17H2,1H3,(H,24,27)/p+1. The number of quaternary nitrogens is 1. The van der Waals surface area contributed by atoms with Gasteiger partial charge >= 0.3 is 0 Å². The van der Waals surface area contributed by atoms with E-state index in [0.717, 1.165) is 34.5 Å². The Hall–Kier alpha value is -1.14. The molecule has 3 rings (SSSR count). The molecule has 0 atom stereocenters. The Morgan fingerprint density at radius 2 is 2.00 bits per heavy atom. The van der Waals surface area contributed by atoms with Gasteiger partial charge in [0.2, 0.25) is 0 Å². The second-order valence-corrected chi connectivity index (χ2v) is 9.49. The Morgan fingerprint density at radius 1 is 1.21 bits per heavy atom. The summed E-state index contributed by atoms with van der Waals surface area (Å²) in [5.41, 5.74) is 2.06. The molecule has 2 heterocycles. The highest BCUT2D eigenvalue weighted by Gasteiger charge is 2.15. The van der Waals surface area contributed by atoms with E-state index in [4.69, 9.17) is 23.8 Å². The summed E-state index contributed by atoms with van der Waals surface area (Å²) in [6.45, 7) is 7.77. The predicted octanol–water partition coefficient (Wildman–Crippen LogP) is 4.76. The highest BCUT2D eigenvalue weighted by Crippen LogP contribution is 2.20. The van der Waals surface area contributed by atoms with Crippen LogP contribution in [0.15, 0.2) is 35.7 Å². The number of halogens is 1. The molecule has 2 N–H and O–H groups in total. The van der Waals surface area contributed by atoms with Crippen molar-refractivity contribution in [3.05, 3.63) is 51.2 Å². The van der Waals surface area contributed by atoms with E-state index in [9.17, 15) is 0 Å². The molecule has 0 saturated carbocycles. The first-order chi connectivity index (χ1) is 13.6. The summed E-state index contributed by atoms with van der Waals surface area (Å²) in [5, 5.41) is 7.13. The molecular formula is C22H31ClN3S2+. The van der Waals surface area contributed by atoms with Crippen LogP contribution in [0.5, 0.6) is 0 Å². The molecule has 1 aromatic heterocycles. The Balaban J connectivity index is 1.58. The molecule has 6 heteroatoms. The summed E-state index contributed by atoms with van der Waals surface area (Å²) >= 11 is 13.7. The Bertz CT molecular complexity index is 740. The van der Waals surface area contributed by atoms with Crippen molar-refractivity contribution in [2.75, 3.05) is 31.5 Å². The zero-order chi connectivity index (χ0) is 19.8. The van der Waals surface area contributed by atoms with Crippen LogP contribution in [0.4, 0.5) is 5.69 Å². The summed E-state index contributed by atoms with van der Waals surface area (Å²) in [6, 6.07) is 10.3. The fourth-order valence-corrected chi connectivity index (χ4v) is 4.88. The van der Waals surface area contributed by atoms with E-state index in [1.165, 1.54) is 56.6 Å². The maximum atomic E-state index is 6.16. The molecule has 28 heavy (non-hydrogen) atoms. The van der Waals surface area contributed by atoms with E-state index in [1.54, 1.807) is 16.2 Å². The number of nitrogens with zero attached hydrogens (tertiary/aromatic N) is 1. The van der Waals surface area contributed by atoms with Crippen molar-refractivity contribution >= 4 is 46.0 Å². The third-order valence-electron chi connectivity index (χ3n) is 5.39. The Kier molecular flexibility index (Phi) is 8.59. The van der Waals surface area contributed by atoms with Gasteiger partial charge in [-0.15, -0.1) is 11.3 Å². The van der Waals surface area contributed by atoms with Gasteiger partial charge in [0.15, 0.2) is 5.11 Å². The van der Waals surface area contributed by atoms with Gasteiger partial charge in [0.05, 0.1) is 26.2 Å². The lowest BCUT2D eigenvalue weighted by Crippen LogP contribution is -3.11. The number of aryl methyl sites for hydroxylation is 1. The van der Waals surface area contributed by atoms with Gasteiger partial charge in [0, 0.05) is 28.6 Å². The maximum Gasteiger partial charge on any atom is 0.173 e. The molecule has 2 aromatic rings. The zero-order valence-corrected chi connectivity index (χ0v) is 19.1. The molecule has 152 valence electrons. The number of thiophene rings is 1. The summed E-state index contributed by atoms with van der Waals surface area (Å²) < 4.78 is 0. The molecule has 3 nitrogen and oxygen atoms in total. The number of thiocarbonyl (C=S) groups is 1. The van der Waals surface area contributed by atoms with Crippen LogP contribution < -0.4 is 10.2 Å². The quantitative estimate of drug-likeness (QED) is 0.610. The number of benzene rings is 1. The highest BCUT2D eigenvalue weighted by atomic mass is 35.5. The van der Waals surface area contributed by atoms with E-state index in [2.05, 4.69) is 33.8 Å². The van der Waals surface area contributed by atoms with Gasteiger partial charge in [0.1, 0.15) is 0 Å². The highest BCUT2D eigenvalue weighted by molar-refractivity contribution is 7.80. The average Bonchev–Trinajstić information content (AvgIpc) is 3.05. The smallest absolute Gasteiger partial charge is 0.173 e. The first-order valence-corrected chi connectivity index (χ1v) is 12.0. The maximum absolute atomic E-state index is 6.16. The van der Waals surface area contributed by atoms with E-state index >= 15 is 0 Å². The van der Waals surface area contributed by atoms with E-state index in [-0.39, 0.29) is 0 Å². The molecule has 0 radical (unpaired) electrons. The van der Waals surface area contributed by atoms with Crippen LogP contribution >= 0.6 is 35.2 Å². The zero-order valence-electron chi connectivity index (χ0n) is 16.7. The van der Waals surface area contributed by atoms with Gasteiger partial charge in [0.25, 0.3) is 0 Å². The van der Waals surface area contributed by atoms with E-state index in [1.807, 2.05) is 19.1 Å². The first kappa shape index (κ1) is 21.6. The van der Waals surface area contributed by atoms with Gasteiger partial charge in [-0.3, -0.25) is 0 Å². The number of hydrogen-bond donors (Lipinski definition) is 2. The molecule has 0 spiro atoms. The van der Waals surface area contributed by atoms with Gasteiger partial charge in [-0.1, -0.05) is 17.7 Å². The molecule has 1 fully saturated rings. The van der Waals surface area contributed by atoms with E-state index < -0.39 is 0 Å². The largest absolute Gasteiger partial charge is 0.344 e. The molecule has 0 amide bonds. The minimum absolute atomic E-state index is 0.785. The van der Waals surface area contributed by atoms with Crippen LogP contribution in [-0.2, 0) is 6.54 Å². The summed E-state index contributed by atoms with van der Waals surface area (Å²) in [4.78, 5) is 5.42. The second-order valence-electron chi connectivity index (χ2n) is 7.66. The van der Waals surface area contributed by atoms with Crippen LogP contribution in [0, 0.1) is 6.92 Å². The van der Waals surface area contributed by atoms with Gasteiger partial charge in [-0.2, -0.15) is 0 Å². The van der Waals surface area contributed by atoms with Crippen LogP contribution in [0.3, 0.4) is 0 Å². The third-order valence-corrected chi connectivity index (χ3v) is 7.04. The van der Waals surface area contributed by atoms with Crippen molar-refractivity contribution in [3.8, 4) is 0 Å².